The molecule has 2 aromatic rings. The summed E-state index contributed by atoms with van der Waals surface area (Å²) in [4.78, 5) is 26.3. The number of aromatic nitrogens is 1. The zero-order valence-corrected chi connectivity index (χ0v) is 18.9. The summed E-state index contributed by atoms with van der Waals surface area (Å²) < 4.78 is 7.83. The van der Waals surface area contributed by atoms with E-state index in [-0.39, 0.29) is 41.1 Å². The molecule has 2 fully saturated rings. The van der Waals surface area contributed by atoms with Crippen molar-refractivity contribution in [3.8, 4) is 0 Å². The molecule has 7 heteroatoms. The van der Waals surface area contributed by atoms with Crippen LogP contribution in [0.1, 0.15) is 47.2 Å². The smallest absolute Gasteiger partial charge is 0.263 e. The number of hydrogen-bond donors (Lipinski definition) is 2. The lowest BCUT2D eigenvalue weighted by Crippen LogP contribution is -2.60. The predicted octanol–water partition coefficient (Wildman–Crippen LogP) is 2.85. The zero-order chi connectivity index (χ0) is 21.0. The van der Waals surface area contributed by atoms with Gasteiger partial charge in [-0.05, 0) is 69.3 Å². The van der Waals surface area contributed by atoms with Gasteiger partial charge >= 0.3 is 0 Å². The number of aryl methyl sites for hydroxylation is 3. The number of carbonyl (C=O) groups is 1. The Morgan fingerprint density at radius 3 is 2.71 bits per heavy atom. The van der Waals surface area contributed by atoms with E-state index >= 15 is 0 Å². The van der Waals surface area contributed by atoms with E-state index < -0.39 is 0 Å². The lowest BCUT2D eigenvalue weighted by Gasteiger charge is -2.46. The maximum absolute atomic E-state index is 13.2. The molecule has 1 spiro atoms. The molecule has 4 rings (SSSR count). The van der Waals surface area contributed by atoms with Crippen LogP contribution in [0.2, 0.25) is 0 Å². The van der Waals surface area contributed by atoms with Crippen molar-refractivity contribution < 1.29 is 9.53 Å². The molecule has 2 aliphatic heterocycles. The Morgan fingerprint density at radius 1 is 1.23 bits per heavy atom. The molecule has 168 valence electrons. The first-order chi connectivity index (χ1) is 14.6. The highest BCUT2D eigenvalue weighted by molar-refractivity contribution is 5.95. The molecule has 1 atom stereocenters. The van der Waals surface area contributed by atoms with Gasteiger partial charge in [0.2, 0.25) is 0 Å². The first kappa shape index (κ1) is 23.5. The lowest BCUT2D eigenvalue weighted by molar-refractivity contribution is -0.114. The van der Waals surface area contributed by atoms with E-state index in [1.807, 2.05) is 43.3 Å². The van der Waals surface area contributed by atoms with Crippen molar-refractivity contribution >= 4 is 18.3 Å². The Kier molecular flexibility index (Phi) is 7.92. The molecule has 0 saturated carbocycles. The largest absolute Gasteiger partial charge is 0.373 e. The van der Waals surface area contributed by atoms with E-state index in [0.717, 1.165) is 51.8 Å². The molecule has 1 unspecified atom stereocenters. The standard InChI is InChI=1S/C24H31N3O3.ClH/c1-18-9-15-27(16-10-19-6-3-2-4-7-19)23(29)21(18)22(28)26-20-8-5-17-30-24(20)11-13-25-14-12-24;/h2-4,6-7,9,15,20,25H,5,8,10-14,16-17H2,1H3,(H,26,28);1H. The molecule has 2 aliphatic rings. The molecular weight excluding hydrogens is 414 g/mol. The Morgan fingerprint density at radius 2 is 1.97 bits per heavy atom. The summed E-state index contributed by atoms with van der Waals surface area (Å²) in [6.07, 6.45) is 6.11. The number of piperidine rings is 1. The van der Waals surface area contributed by atoms with Crippen LogP contribution in [0.15, 0.2) is 47.4 Å². The van der Waals surface area contributed by atoms with Gasteiger partial charge in [0.25, 0.3) is 11.5 Å². The van der Waals surface area contributed by atoms with Gasteiger partial charge in [0.1, 0.15) is 5.56 Å². The van der Waals surface area contributed by atoms with Crippen molar-refractivity contribution in [3.63, 3.8) is 0 Å². The summed E-state index contributed by atoms with van der Waals surface area (Å²) >= 11 is 0. The summed E-state index contributed by atoms with van der Waals surface area (Å²) in [7, 11) is 0. The quantitative estimate of drug-likeness (QED) is 0.742. The maximum atomic E-state index is 13.2. The summed E-state index contributed by atoms with van der Waals surface area (Å²) in [5.41, 5.74) is 1.60. The number of amides is 1. The van der Waals surface area contributed by atoms with Crippen LogP contribution in [0.5, 0.6) is 0 Å². The molecule has 31 heavy (non-hydrogen) atoms. The summed E-state index contributed by atoms with van der Waals surface area (Å²) in [5, 5.41) is 6.54. The molecule has 1 amide bonds. The number of pyridine rings is 1. The monoisotopic (exact) mass is 445 g/mol. The molecule has 0 radical (unpaired) electrons. The summed E-state index contributed by atoms with van der Waals surface area (Å²) in [6.45, 7) is 4.90. The SMILES string of the molecule is Cc1ccn(CCc2ccccc2)c(=O)c1C(=O)NC1CCCOC12CCNCC2.Cl. The Bertz CT molecular complexity index is 931. The van der Waals surface area contributed by atoms with Gasteiger partial charge in [-0.1, -0.05) is 30.3 Å². The van der Waals surface area contributed by atoms with Crippen LogP contribution in [0.3, 0.4) is 0 Å². The Hall–Kier alpha value is -2.15. The van der Waals surface area contributed by atoms with Crippen LogP contribution < -0.4 is 16.2 Å². The fourth-order valence-corrected chi connectivity index (χ4v) is 4.71. The third kappa shape index (κ3) is 5.20. The Labute approximate surface area is 189 Å². The van der Waals surface area contributed by atoms with Gasteiger partial charge in [0.15, 0.2) is 0 Å². The molecule has 2 saturated heterocycles. The van der Waals surface area contributed by atoms with E-state index in [4.69, 9.17) is 4.74 Å². The van der Waals surface area contributed by atoms with Gasteiger partial charge in [0, 0.05) is 19.3 Å². The van der Waals surface area contributed by atoms with Crippen molar-refractivity contribution in [2.75, 3.05) is 19.7 Å². The number of nitrogens with one attached hydrogen (secondary N) is 2. The zero-order valence-electron chi connectivity index (χ0n) is 18.1. The van der Waals surface area contributed by atoms with Crippen molar-refractivity contribution in [1.29, 1.82) is 0 Å². The van der Waals surface area contributed by atoms with Crippen LogP contribution in [0, 0.1) is 6.92 Å². The van der Waals surface area contributed by atoms with Crippen molar-refractivity contribution in [1.82, 2.24) is 15.2 Å². The first-order valence-corrected chi connectivity index (χ1v) is 11.0. The number of hydrogen-bond acceptors (Lipinski definition) is 4. The molecule has 0 aliphatic carbocycles. The Balaban J connectivity index is 0.00000272. The average molecular weight is 446 g/mol. The number of carbonyl (C=O) groups excluding carboxylic acids is 1. The minimum absolute atomic E-state index is 0. The minimum atomic E-state index is -0.311. The highest BCUT2D eigenvalue weighted by Crippen LogP contribution is 2.33. The average Bonchev–Trinajstić information content (AvgIpc) is 2.76. The lowest BCUT2D eigenvalue weighted by atomic mass is 9.80. The molecule has 1 aromatic heterocycles. The number of rotatable bonds is 5. The van der Waals surface area contributed by atoms with Crippen molar-refractivity contribution in [3.05, 3.63) is 69.6 Å². The van der Waals surface area contributed by atoms with E-state index in [1.165, 1.54) is 5.56 Å². The highest BCUT2D eigenvalue weighted by Gasteiger charge is 2.43. The fourth-order valence-electron chi connectivity index (χ4n) is 4.71. The molecule has 0 bridgehead atoms. The normalized spacial score (nSPS) is 20.1. The molecule has 6 nitrogen and oxygen atoms in total. The van der Waals surface area contributed by atoms with Gasteiger partial charge in [-0.2, -0.15) is 0 Å². The second-order valence-corrected chi connectivity index (χ2v) is 8.44. The first-order valence-electron chi connectivity index (χ1n) is 11.0. The molecule has 3 heterocycles. The van der Waals surface area contributed by atoms with Gasteiger partial charge in [-0.3, -0.25) is 9.59 Å². The van der Waals surface area contributed by atoms with Crippen LogP contribution in [0.25, 0.3) is 0 Å². The number of benzene rings is 1. The van der Waals surface area contributed by atoms with Crippen LogP contribution in [-0.4, -0.2) is 41.8 Å². The molecular formula is C24H32ClN3O3. The van der Waals surface area contributed by atoms with E-state index in [9.17, 15) is 9.59 Å². The second kappa shape index (κ2) is 10.4. The topological polar surface area (TPSA) is 72.4 Å². The third-order valence-corrected chi connectivity index (χ3v) is 6.50. The van der Waals surface area contributed by atoms with Crippen LogP contribution in [-0.2, 0) is 17.7 Å². The summed E-state index contributed by atoms with van der Waals surface area (Å²) in [5.74, 6) is -0.278. The van der Waals surface area contributed by atoms with E-state index in [0.29, 0.717) is 12.1 Å². The van der Waals surface area contributed by atoms with E-state index in [2.05, 4.69) is 10.6 Å². The van der Waals surface area contributed by atoms with Gasteiger partial charge in [-0.15, -0.1) is 12.4 Å². The number of ether oxygens (including phenoxy) is 1. The van der Waals surface area contributed by atoms with Crippen LogP contribution in [0.4, 0.5) is 0 Å². The van der Waals surface area contributed by atoms with Crippen molar-refractivity contribution in [2.45, 2.75) is 57.2 Å². The summed E-state index contributed by atoms with van der Waals surface area (Å²) in [6, 6.07) is 11.9. The van der Waals surface area contributed by atoms with Crippen molar-refractivity contribution in [2.24, 2.45) is 0 Å². The fraction of sp³-hybridized carbons (Fsp3) is 0.500. The predicted molar refractivity (Wildman–Crippen MR) is 124 cm³/mol. The molecule has 1 aromatic carbocycles. The highest BCUT2D eigenvalue weighted by atomic mass is 35.5. The third-order valence-electron chi connectivity index (χ3n) is 6.50. The van der Waals surface area contributed by atoms with Gasteiger partial charge in [0.05, 0.1) is 11.6 Å². The number of halogens is 1. The maximum Gasteiger partial charge on any atom is 0.263 e. The number of nitrogens with zero attached hydrogens (tertiary/aromatic N) is 1. The van der Waals surface area contributed by atoms with E-state index in [1.54, 1.807) is 10.8 Å². The van der Waals surface area contributed by atoms with Crippen LogP contribution >= 0.6 is 12.4 Å². The second-order valence-electron chi connectivity index (χ2n) is 8.44. The van der Waals surface area contributed by atoms with Gasteiger partial charge < -0.3 is 19.9 Å². The van der Waals surface area contributed by atoms with Gasteiger partial charge in [-0.25, -0.2) is 0 Å². The minimum Gasteiger partial charge on any atom is -0.373 e. The molecule has 2 N–H and O–H groups in total.